The molecule has 1 aliphatic carbocycles. The Kier molecular flexibility index (Phi) is 4.35. The van der Waals surface area contributed by atoms with E-state index in [2.05, 4.69) is 19.2 Å². The molecule has 1 aromatic rings. The van der Waals surface area contributed by atoms with Gasteiger partial charge in [0.2, 0.25) is 0 Å². The molecule has 0 spiro atoms. The first-order valence-electron chi connectivity index (χ1n) is 6.99. The summed E-state index contributed by atoms with van der Waals surface area (Å²) in [5.41, 5.74) is -0.650. The molecule has 2 N–H and O–H groups in total. The summed E-state index contributed by atoms with van der Waals surface area (Å²) >= 11 is 1.60. The Morgan fingerprint density at radius 2 is 2.32 bits per heavy atom. The summed E-state index contributed by atoms with van der Waals surface area (Å²) in [6.07, 6.45) is 1.36. The average molecular weight is 283 g/mol. The van der Waals surface area contributed by atoms with E-state index >= 15 is 0 Å². The van der Waals surface area contributed by atoms with Crippen molar-refractivity contribution in [2.24, 2.45) is 5.41 Å². The normalized spacial score (nSPS) is 28.7. The second-order valence-electron chi connectivity index (χ2n) is 6.19. The monoisotopic (exact) mass is 283 g/mol. The minimum atomic E-state index is -0.791. The number of aliphatic hydroxyl groups is 1. The summed E-state index contributed by atoms with van der Waals surface area (Å²) in [6, 6.07) is 4.38. The molecular weight excluding hydrogens is 258 g/mol. The summed E-state index contributed by atoms with van der Waals surface area (Å²) in [6.45, 7) is 9.73. The van der Waals surface area contributed by atoms with E-state index in [4.69, 9.17) is 4.74 Å². The molecule has 1 fully saturated rings. The zero-order valence-electron chi connectivity index (χ0n) is 12.3. The van der Waals surface area contributed by atoms with Crippen LogP contribution < -0.4 is 5.32 Å². The summed E-state index contributed by atoms with van der Waals surface area (Å²) in [7, 11) is 0. The second-order valence-corrected chi connectivity index (χ2v) is 7.13. The number of thiophene rings is 1. The highest BCUT2D eigenvalue weighted by Gasteiger charge is 2.49. The van der Waals surface area contributed by atoms with Crippen LogP contribution in [0.4, 0.5) is 0 Å². The minimum Gasteiger partial charge on any atom is -0.383 e. The smallest absolute Gasteiger partial charge is 0.108 e. The molecule has 1 saturated carbocycles. The molecular formula is C15H25NO2S. The van der Waals surface area contributed by atoms with Crippen molar-refractivity contribution in [3.63, 3.8) is 0 Å². The van der Waals surface area contributed by atoms with Crippen LogP contribution in [0.3, 0.4) is 0 Å². The molecule has 0 radical (unpaired) electrons. The first-order chi connectivity index (χ1) is 8.88. The van der Waals surface area contributed by atoms with Crippen LogP contribution in [0.15, 0.2) is 17.5 Å². The van der Waals surface area contributed by atoms with Crippen LogP contribution in [0.25, 0.3) is 0 Å². The van der Waals surface area contributed by atoms with Crippen LogP contribution in [-0.4, -0.2) is 30.4 Å². The Balaban J connectivity index is 1.87. The van der Waals surface area contributed by atoms with Crippen molar-refractivity contribution in [2.45, 2.75) is 51.9 Å². The highest BCUT2D eigenvalue weighted by atomic mass is 32.1. The first-order valence-corrected chi connectivity index (χ1v) is 7.87. The van der Waals surface area contributed by atoms with Crippen LogP contribution in [0, 0.1) is 5.41 Å². The minimum absolute atomic E-state index is 0.140. The number of ether oxygens (including phenoxy) is 1. The summed E-state index contributed by atoms with van der Waals surface area (Å²) in [5, 5.41) is 16.0. The van der Waals surface area contributed by atoms with Gasteiger partial charge in [-0.25, -0.2) is 0 Å². The average Bonchev–Trinajstić information content (AvgIpc) is 2.87. The van der Waals surface area contributed by atoms with Gasteiger partial charge in [0.25, 0.3) is 0 Å². The zero-order valence-corrected chi connectivity index (χ0v) is 13.1. The van der Waals surface area contributed by atoms with Gasteiger partial charge in [0.05, 0.1) is 6.10 Å². The Labute approximate surface area is 120 Å². The van der Waals surface area contributed by atoms with E-state index in [1.165, 1.54) is 0 Å². The van der Waals surface area contributed by atoms with Crippen molar-refractivity contribution in [3.8, 4) is 0 Å². The van der Waals surface area contributed by atoms with Gasteiger partial charge in [-0.15, -0.1) is 11.3 Å². The molecule has 3 nitrogen and oxygen atoms in total. The van der Waals surface area contributed by atoms with E-state index in [1.54, 1.807) is 11.3 Å². The van der Waals surface area contributed by atoms with Gasteiger partial charge >= 0.3 is 0 Å². The van der Waals surface area contributed by atoms with Crippen LogP contribution in [-0.2, 0) is 10.3 Å². The van der Waals surface area contributed by atoms with Gasteiger partial charge in [-0.1, -0.05) is 19.9 Å². The Bertz CT molecular complexity index is 400. The molecule has 4 heteroatoms. The van der Waals surface area contributed by atoms with Crippen molar-refractivity contribution < 1.29 is 9.84 Å². The van der Waals surface area contributed by atoms with Gasteiger partial charge in [0.1, 0.15) is 5.60 Å². The quantitative estimate of drug-likeness (QED) is 0.843. The maximum atomic E-state index is 10.5. The molecule has 1 aliphatic rings. The molecule has 3 unspecified atom stereocenters. The van der Waals surface area contributed by atoms with Crippen LogP contribution in [0.1, 0.15) is 39.0 Å². The van der Waals surface area contributed by atoms with Gasteiger partial charge in [-0.2, -0.15) is 0 Å². The molecule has 108 valence electrons. The third-order valence-corrected chi connectivity index (χ3v) is 5.41. The summed E-state index contributed by atoms with van der Waals surface area (Å²) in [4.78, 5) is 1.01. The van der Waals surface area contributed by atoms with Gasteiger partial charge in [0.15, 0.2) is 0 Å². The second kappa shape index (κ2) is 5.52. The van der Waals surface area contributed by atoms with E-state index in [0.717, 1.165) is 17.9 Å². The Morgan fingerprint density at radius 3 is 2.84 bits per heavy atom. The number of hydrogen-bond acceptors (Lipinski definition) is 4. The molecule has 19 heavy (non-hydrogen) atoms. The van der Waals surface area contributed by atoms with E-state index in [0.29, 0.717) is 18.7 Å². The van der Waals surface area contributed by atoms with Crippen molar-refractivity contribution in [3.05, 3.63) is 22.4 Å². The lowest BCUT2D eigenvalue weighted by molar-refractivity contribution is -0.117. The molecule has 3 atom stereocenters. The van der Waals surface area contributed by atoms with Gasteiger partial charge < -0.3 is 15.2 Å². The van der Waals surface area contributed by atoms with Crippen molar-refractivity contribution in [1.29, 1.82) is 0 Å². The topological polar surface area (TPSA) is 41.5 Å². The molecule has 0 saturated heterocycles. The van der Waals surface area contributed by atoms with Crippen molar-refractivity contribution in [1.82, 2.24) is 5.32 Å². The molecule has 2 rings (SSSR count). The Hall–Kier alpha value is -0.420. The van der Waals surface area contributed by atoms with Crippen molar-refractivity contribution >= 4 is 11.3 Å². The number of nitrogens with one attached hydrogen (secondary N) is 1. The predicted octanol–water partition coefficient (Wildman–Crippen LogP) is 2.75. The molecule has 1 aromatic heterocycles. The third-order valence-electron chi connectivity index (χ3n) is 4.29. The van der Waals surface area contributed by atoms with E-state index in [-0.39, 0.29) is 5.41 Å². The highest BCUT2D eigenvalue weighted by Crippen LogP contribution is 2.43. The number of hydrogen-bond donors (Lipinski definition) is 2. The lowest BCUT2D eigenvalue weighted by Gasteiger charge is -2.52. The van der Waals surface area contributed by atoms with Gasteiger partial charge in [-0.3, -0.25) is 0 Å². The lowest BCUT2D eigenvalue weighted by Crippen LogP contribution is -2.62. The third kappa shape index (κ3) is 3.02. The van der Waals surface area contributed by atoms with Crippen LogP contribution in [0.2, 0.25) is 0 Å². The SMILES string of the molecule is CCOC1CC(NCC(C)(O)c2cccs2)C1(C)C. The molecule has 0 aromatic carbocycles. The molecule has 0 bridgehead atoms. The molecule has 0 amide bonds. The summed E-state index contributed by atoms with van der Waals surface area (Å²) < 4.78 is 5.73. The predicted molar refractivity (Wildman–Crippen MR) is 79.5 cm³/mol. The van der Waals surface area contributed by atoms with Crippen molar-refractivity contribution in [2.75, 3.05) is 13.2 Å². The first kappa shape index (κ1) is 15.0. The van der Waals surface area contributed by atoms with E-state index < -0.39 is 5.60 Å². The zero-order chi connectivity index (χ0) is 14.1. The van der Waals surface area contributed by atoms with E-state index in [9.17, 15) is 5.11 Å². The number of rotatable bonds is 6. The highest BCUT2D eigenvalue weighted by molar-refractivity contribution is 7.10. The van der Waals surface area contributed by atoms with Gasteiger partial charge in [-0.05, 0) is 31.7 Å². The lowest BCUT2D eigenvalue weighted by atomic mass is 9.64. The van der Waals surface area contributed by atoms with Crippen LogP contribution >= 0.6 is 11.3 Å². The summed E-state index contributed by atoms with van der Waals surface area (Å²) in [5.74, 6) is 0. The fourth-order valence-electron chi connectivity index (χ4n) is 2.71. The fourth-order valence-corrected chi connectivity index (χ4v) is 3.50. The van der Waals surface area contributed by atoms with Crippen LogP contribution in [0.5, 0.6) is 0 Å². The molecule has 0 aliphatic heterocycles. The largest absolute Gasteiger partial charge is 0.383 e. The van der Waals surface area contributed by atoms with Gasteiger partial charge in [0, 0.05) is 29.5 Å². The maximum Gasteiger partial charge on any atom is 0.108 e. The molecule has 1 heterocycles. The Morgan fingerprint density at radius 1 is 1.58 bits per heavy atom. The fraction of sp³-hybridized carbons (Fsp3) is 0.733. The standard InChI is InChI=1S/C15H25NO2S/c1-5-18-12-9-11(14(12,2)3)16-10-15(4,17)13-7-6-8-19-13/h6-8,11-12,16-17H,5,9-10H2,1-4H3. The maximum absolute atomic E-state index is 10.5. The van der Waals surface area contributed by atoms with E-state index in [1.807, 2.05) is 31.4 Å².